The van der Waals surface area contributed by atoms with Crippen molar-refractivity contribution in [2.45, 2.75) is 25.7 Å². The van der Waals surface area contributed by atoms with E-state index in [4.69, 9.17) is 0 Å². The van der Waals surface area contributed by atoms with Crippen LogP contribution in [0, 0.1) is 17.8 Å². The van der Waals surface area contributed by atoms with Crippen molar-refractivity contribution >= 4 is 5.78 Å². The summed E-state index contributed by atoms with van der Waals surface area (Å²) in [4.78, 5) is 19.0. The molecule has 14 heavy (non-hydrogen) atoms. The first-order valence-corrected chi connectivity index (χ1v) is 5.38. The number of aromatic amines is 1. The number of carbonyl (C=O) groups excluding carboxylic acids is 1. The van der Waals surface area contributed by atoms with E-state index in [9.17, 15) is 4.79 Å². The molecule has 1 aromatic heterocycles. The minimum absolute atomic E-state index is 0.238. The van der Waals surface area contributed by atoms with Gasteiger partial charge in [0.15, 0.2) is 5.82 Å². The summed E-state index contributed by atoms with van der Waals surface area (Å²) in [5, 5.41) is 0. The quantitative estimate of drug-likeness (QED) is 0.725. The maximum atomic E-state index is 12.0. The van der Waals surface area contributed by atoms with Gasteiger partial charge in [0.2, 0.25) is 5.78 Å². The summed E-state index contributed by atoms with van der Waals surface area (Å²) in [5.41, 5.74) is 0. The van der Waals surface area contributed by atoms with E-state index >= 15 is 0 Å². The van der Waals surface area contributed by atoms with E-state index in [2.05, 4.69) is 9.97 Å². The normalized spacial score (nSPS) is 35.0. The molecule has 0 amide bonds. The van der Waals surface area contributed by atoms with Gasteiger partial charge in [-0.15, -0.1) is 0 Å². The number of H-pyrrole nitrogens is 1. The van der Waals surface area contributed by atoms with Gasteiger partial charge >= 0.3 is 0 Å². The number of nitrogens with one attached hydrogen (secondary N) is 1. The Morgan fingerprint density at radius 2 is 2.36 bits per heavy atom. The number of rotatable bonds is 2. The first-order chi connectivity index (χ1) is 6.84. The third-order valence-electron chi connectivity index (χ3n) is 3.81. The van der Waals surface area contributed by atoms with Gasteiger partial charge in [0.05, 0.1) is 0 Å². The average molecular weight is 190 g/mol. The predicted molar refractivity (Wildman–Crippen MR) is 51.9 cm³/mol. The molecule has 0 radical (unpaired) electrons. The maximum Gasteiger partial charge on any atom is 0.201 e. The van der Waals surface area contributed by atoms with Crippen molar-refractivity contribution in [3.63, 3.8) is 0 Å². The molecular formula is C11H14N2O. The molecular weight excluding hydrogens is 176 g/mol. The van der Waals surface area contributed by atoms with Crippen LogP contribution in [0.15, 0.2) is 12.4 Å². The molecule has 3 nitrogen and oxygen atoms in total. The summed E-state index contributed by atoms with van der Waals surface area (Å²) in [6, 6.07) is 0. The number of hydrogen-bond acceptors (Lipinski definition) is 2. The molecule has 2 aliphatic rings. The highest BCUT2D eigenvalue weighted by Crippen LogP contribution is 2.49. The Hall–Kier alpha value is -1.12. The zero-order chi connectivity index (χ0) is 9.54. The summed E-state index contributed by atoms with van der Waals surface area (Å²) in [7, 11) is 0. The van der Waals surface area contributed by atoms with Gasteiger partial charge in [0, 0.05) is 18.3 Å². The van der Waals surface area contributed by atoms with E-state index in [1.807, 2.05) is 0 Å². The Morgan fingerprint density at radius 1 is 1.43 bits per heavy atom. The lowest BCUT2D eigenvalue weighted by Crippen LogP contribution is -2.21. The van der Waals surface area contributed by atoms with Gasteiger partial charge in [-0.3, -0.25) is 4.79 Å². The summed E-state index contributed by atoms with van der Waals surface area (Å²) >= 11 is 0. The van der Waals surface area contributed by atoms with Crippen LogP contribution in [0.4, 0.5) is 0 Å². The second-order valence-electron chi connectivity index (χ2n) is 4.58. The van der Waals surface area contributed by atoms with Crippen molar-refractivity contribution in [3.8, 4) is 0 Å². The highest BCUT2D eigenvalue weighted by molar-refractivity contribution is 5.94. The monoisotopic (exact) mass is 190 g/mol. The summed E-state index contributed by atoms with van der Waals surface area (Å²) in [6.45, 7) is 0. The number of nitrogens with zero attached hydrogens (tertiary/aromatic N) is 1. The van der Waals surface area contributed by atoms with Gasteiger partial charge in [-0.05, 0) is 31.1 Å². The lowest BCUT2D eigenvalue weighted by Gasteiger charge is -2.18. The molecule has 3 rings (SSSR count). The zero-order valence-corrected chi connectivity index (χ0v) is 8.07. The molecule has 0 saturated heterocycles. The van der Waals surface area contributed by atoms with Crippen LogP contribution in [0.3, 0.4) is 0 Å². The Labute approximate surface area is 82.9 Å². The van der Waals surface area contributed by atoms with Crippen molar-refractivity contribution in [2.75, 3.05) is 0 Å². The fourth-order valence-corrected chi connectivity index (χ4v) is 3.14. The second-order valence-corrected chi connectivity index (χ2v) is 4.58. The van der Waals surface area contributed by atoms with Crippen molar-refractivity contribution in [1.29, 1.82) is 0 Å². The topological polar surface area (TPSA) is 45.8 Å². The smallest absolute Gasteiger partial charge is 0.201 e. The van der Waals surface area contributed by atoms with Gasteiger partial charge in [0.1, 0.15) is 0 Å². The molecule has 1 N–H and O–H groups in total. The molecule has 0 spiro atoms. The van der Waals surface area contributed by atoms with Gasteiger partial charge in [0.25, 0.3) is 0 Å². The number of Topliss-reactive ketones (excluding diaryl/α,β-unsaturated/α-hetero) is 1. The number of carbonyl (C=O) groups is 1. The summed E-state index contributed by atoms with van der Waals surface area (Å²) < 4.78 is 0. The van der Waals surface area contributed by atoms with Gasteiger partial charge < -0.3 is 4.98 Å². The maximum absolute atomic E-state index is 12.0. The third-order valence-corrected chi connectivity index (χ3v) is 3.81. The molecule has 2 fully saturated rings. The van der Waals surface area contributed by atoms with Crippen molar-refractivity contribution in [3.05, 3.63) is 18.2 Å². The lowest BCUT2D eigenvalue weighted by atomic mass is 9.85. The molecule has 2 aliphatic carbocycles. The van der Waals surface area contributed by atoms with Crippen molar-refractivity contribution in [1.82, 2.24) is 9.97 Å². The highest BCUT2D eigenvalue weighted by Gasteiger charge is 2.43. The van der Waals surface area contributed by atoms with Crippen LogP contribution < -0.4 is 0 Å². The molecule has 3 unspecified atom stereocenters. The molecule has 1 heterocycles. The number of ketones is 1. The van der Waals surface area contributed by atoms with E-state index in [-0.39, 0.29) is 11.7 Å². The first-order valence-electron chi connectivity index (χ1n) is 5.38. The van der Waals surface area contributed by atoms with E-state index < -0.39 is 0 Å². The fraction of sp³-hybridized carbons (Fsp3) is 0.636. The number of imidazole rings is 1. The standard InChI is InChI=1S/C11H14N2O/c14-10(11-12-3-4-13-11)9-6-7-1-2-8(9)5-7/h3-4,7-9H,1-2,5-6H2,(H,12,13). The van der Waals surface area contributed by atoms with Crippen LogP contribution in [0.5, 0.6) is 0 Å². The Morgan fingerprint density at radius 3 is 2.93 bits per heavy atom. The van der Waals surface area contributed by atoms with Crippen LogP contribution in [0.2, 0.25) is 0 Å². The average Bonchev–Trinajstić information content (AvgIpc) is 2.93. The Bertz CT molecular complexity index is 344. The SMILES string of the molecule is O=C(c1ncc[nH]1)C1CC2CCC1C2. The summed E-state index contributed by atoms with van der Waals surface area (Å²) in [5.74, 6) is 2.53. The number of fused-ring (bicyclic) bond motifs is 2. The van der Waals surface area contributed by atoms with Crippen molar-refractivity contribution in [2.24, 2.45) is 17.8 Å². The third kappa shape index (κ3) is 1.11. The highest BCUT2D eigenvalue weighted by atomic mass is 16.1. The lowest BCUT2D eigenvalue weighted by molar-refractivity contribution is 0.0864. The Kier molecular flexibility index (Phi) is 1.72. The largest absolute Gasteiger partial charge is 0.342 e. The first kappa shape index (κ1) is 8.21. The number of aromatic nitrogens is 2. The van der Waals surface area contributed by atoms with Crippen LogP contribution >= 0.6 is 0 Å². The van der Waals surface area contributed by atoms with Gasteiger partial charge in [-0.1, -0.05) is 6.42 Å². The summed E-state index contributed by atoms with van der Waals surface area (Å²) in [6.07, 6.45) is 8.34. The van der Waals surface area contributed by atoms with E-state index in [1.54, 1.807) is 12.4 Å². The predicted octanol–water partition coefficient (Wildman–Crippen LogP) is 2.03. The molecule has 1 aromatic rings. The van der Waals surface area contributed by atoms with Crippen LogP contribution in [0.25, 0.3) is 0 Å². The minimum Gasteiger partial charge on any atom is -0.342 e. The fourth-order valence-electron chi connectivity index (χ4n) is 3.14. The van der Waals surface area contributed by atoms with Gasteiger partial charge in [-0.25, -0.2) is 4.98 Å². The molecule has 3 atom stereocenters. The van der Waals surface area contributed by atoms with Crippen LogP contribution in [-0.2, 0) is 0 Å². The van der Waals surface area contributed by atoms with E-state index in [1.165, 1.54) is 19.3 Å². The Balaban J connectivity index is 1.81. The zero-order valence-electron chi connectivity index (χ0n) is 8.07. The van der Waals surface area contributed by atoms with E-state index in [0.29, 0.717) is 11.7 Å². The number of hydrogen-bond donors (Lipinski definition) is 1. The van der Waals surface area contributed by atoms with Crippen molar-refractivity contribution < 1.29 is 4.79 Å². The molecule has 2 bridgehead atoms. The minimum atomic E-state index is 0.238. The second kappa shape index (κ2) is 2.94. The molecule has 0 aliphatic heterocycles. The van der Waals surface area contributed by atoms with Crippen LogP contribution in [-0.4, -0.2) is 15.8 Å². The molecule has 0 aromatic carbocycles. The van der Waals surface area contributed by atoms with Gasteiger partial charge in [-0.2, -0.15) is 0 Å². The molecule has 3 heteroatoms. The molecule has 74 valence electrons. The van der Waals surface area contributed by atoms with Crippen LogP contribution in [0.1, 0.15) is 36.3 Å². The molecule has 2 saturated carbocycles. The van der Waals surface area contributed by atoms with E-state index in [0.717, 1.165) is 12.3 Å².